The lowest BCUT2D eigenvalue weighted by Gasteiger charge is -2.08. The first-order valence-corrected chi connectivity index (χ1v) is 36.5. The lowest BCUT2D eigenvalue weighted by Crippen LogP contribution is -2.13. The van der Waals surface area contributed by atoms with Gasteiger partial charge in [-0.05, 0) is 97.1 Å². The quantitative estimate of drug-likeness (QED) is 0.00962. The predicted octanol–water partition coefficient (Wildman–Crippen LogP) is 12.9. The number of halogens is 4. The van der Waals surface area contributed by atoms with Gasteiger partial charge in [-0.25, -0.2) is 92.7 Å². The molecule has 1 atom stereocenters. The van der Waals surface area contributed by atoms with Crippen LogP contribution in [0.3, 0.4) is 0 Å². The summed E-state index contributed by atoms with van der Waals surface area (Å²) >= 11 is 0. The van der Waals surface area contributed by atoms with Crippen LogP contribution in [0.5, 0.6) is 0 Å². The number of amidine groups is 1. The second kappa shape index (κ2) is 37.8. The summed E-state index contributed by atoms with van der Waals surface area (Å²) < 4.78 is 67.0. The van der Waals surface area contributed by atoms with Gasteiger partial charge in [-0.1, -0.05) is 114 Å². The highest BCUT2D eigenvalue weighted by atomic mass is 19.1. The van der Waals surface area contributed by atoms with Gasteiger partial charge in [0, 0.05) is 52.6 Å². The first-order valence-electron chi connectivity index (χ1n) is 36.5. The fourth-order valence-corrected chi connectivity index (χ4v) is 12.0. The van der Waals surface area contributed by atoms with Gasteiger partial charge in [-0.2, -0.15) is 30.8 Å². The molecule has 1 unspecified atom stereocenters. The van der Waals surface area contributed by atoms with Crippen molar-refractivity contribution < 1.29 is 27.1 Å². The maximum Gasteiger partial charge on any atom is 0.418 e. The number of azo groups is 2. The van der Waals surface area contributed by atoms with Gasteiger partial charge < -0.3 is 50.6 Å². The number of hydrogen-bond acceptors (Lipinski definition) is 29. The van der Waals surface area contributed by atoms with Crippen LogP contribution in [0.15, 0.2) is 252 Å². The number of hydrogen-bond donors (Lipinski definition) is 9. The number of nitrogen functional groups attached to an aromatic ring is 8. The van der Waals surface area contributed by atoms with E-state index in [-0.39, 0.29) is 125 Å². The third-order valence-electron chi connectivity index (χ3n) is 17.9. The third-order valence-corrected chi connectivity index (χ3v) is 17.9. The van der Waals surface area contributed by atoms with Crippen molar-refractivity contribution in [3.8, 4) is 40.6 Å². The summed E-state index contributed by atoms with van der Waals surface area (Å²) in [5, 5.41) is 52.1. The smallest absolute Gasteiger partial charge is 0.418 e. The maximum absolute atomic E-state index is 14.2. The largest absolute Gasteiger partial charge is 0.469 e. The summed E-state index contributed by atoms with van der Waals surface area (Å²) in [5.74, 6) is -0.861. The van der Waals surface area contributed by atoms with Crippen molar-refractivity contribution in [2.45, 2.75) is 38.8 Å². The highest BCUT2D eigenvalue weighted by Crippen LogP contribution is 2.35. The van der Waals surface area contributed by atoms with Crippen LogP contribution in [-0.2, 0) is 42.1 Å². The number of nitrogens with zero attached hydrogens (tertiary/aromatic N) is 24. The van der Waals surface area contributed by atoms with Gasteiger partial charge in [-0.15, -0.1) is 10.2 Å². The molecule has 11 aromatic heterocycles. The molecule has 17 rings (SSSR count). The molecule has 0 radical (unpaired) electrons. The van der Waals surface area contributed by atoms with E-state index in [9.17, 15) is 22.4 Å². The first-order chi connectivity index (χ1) is 59.1. The zero-order chi connectivity index (χ0) is 85.9. The van der Waals surface area contributed by atoms with Gasteiger partial charge in [0.05, 0.1) is 72.6 Å². The Morgan fingerprint density at radius 2 is 0.779 bits per heavy atom. The Morgan fingerprint density at radius 1 is 0.451 bits per heavy atom. The normalized spacial score (nSPS) is 11.2. The third kappa shape index (κ3) is 19.2. The molecular formula is C83H69F4N33O2. The number of carbonyl (C=O) groups excluding carboxylic acids is 1. The molecule has 0 aliphatic carbocycles. The first kappa shape index (κ1) is 82.5. The van der Waals surface area contributed by atoms with Gasteiger partial charge in [0.15, 0.2) is 75.1 Å². The highest BCUT2D eigenvalue weighted by molar-refractivity contribution is 6.04. The van der Waals surface area contributed by atoms with Crippen molar-refractivity contribution in [3.63, 3.8) is 0 Å². The number of ether oxygens (including phenoxy) is 1. The molecule has 35 nitrogen and oxygen atoms in total. The van der Waals surface area contributed by atoms with E-state index in [1.807, 2.05) is 48.5 Å². The molecule has 606 valence electrons. The van der Waals surface area contributed by atoms with E-state index >= 15 is 0 Å². The van der Waals surface area contributed by atoms with Gasteiger partial charge in [0.1, 0.15) is 69.2 Å². The number of nitrogens with one attached hydrogen (secondary N) is 1. The van der Waals surface area contributed by atoms with Crippen LogP contribution in [0.2, 0.25) is 0 Å². The molecule has 122 heavy (non-hydrogen) atoms. The van der Waals surface area contributed by atoms with E-state index in [2.05, 4.69) is 100 Å². The number of carbonyl (C=O) groups is 1. The Kier molecular flexibility index (Phi) is 25.6. The van der Waals surface area contributed by atoms with E-state index in [0.29, 0.717) is 106 Å². The summed E-state index contributed by atoms with van der Waals surface area (Å²) in [4.78, 5) is 57.5. The molecule has 0 saturated heterocycles. The molecular weight excluding hydrogens is 1570 g/mol. The second-order valence-corrected chi connectivity index (χ2v) is 26.0. The lowest BCUT2D eigenvalue weighted by molar-refractivity contribution is -0.139. The highest BCUT2D eigenvalue weighted by Gasteiger charge is 2.25. The Labute approximate surface area is 689 Å². The van der Waals surface area contributed by atoms with Gasteiger partial charge in [0.2, 0.25) is 0 Å². The molecule has 39 heteroatoms. The minimum atomic E-state index is -1.03. The Hall–Kier alpha value is -17.5. The molecule has 0 aliphatic rings. The van der Waals surface area contributed by atoms with Gasteiger partial charge in [0.25, 0.3) is 0 Å². The zero-order valence-corrected chi connectivity index (χ0v) is 64.2. The van der Waals surface area contributed by atoms with E-state index < -0.39 is 12.1 Å². The summed E-state index contributed by atoms with van der Waals surface area (Å²) in [6.07, 6.45) is 5.36. The summed E-state index contributed by atoms with van der Waals surface area (Å²) in [6, 6.07) is 60.1. The van der Waals surface area contributed by atoms with E-state index in [4.69, 9.17) is 63.1 Å². The van der Waals surface area contributed by atoms with Crippen molar-refractivity contribution >= 4 is 114 Å². The van der Waals surface area contributed by atoms with E-state index in [1.54, 1.807) is 183 Å². The van der Waals surface area contributed by atoms with E-state index in [0.717, 1.165) is 0 Å². The number of nitriles is 1. The molecule has 0 saturated carbocycles. The fourth-order valence-electron chi connectivity index (χ4n) is 12.0. The molecule has 17 N–H and O–H groups in total. The number of anilines is 7. The average Bonchev–Trinajstić information content (AvgIpc) is 1.63. The molecule has 0 amide bonds. The number of methoxy groups -OCH3 is 1. The number of benzene rings is 6. The monoisotopic (exact) mass is 1640 g/mol. The van der Waals surface area contributed by atoms with Gasteiger partial charge in [-0.3, -0.25) is 15.0 Å². The maximum atomic E-state index is 14.2. The minimum Gasteiger partial charge on any atom is -0.469 e. The number of aromatic nitrogens is 18. The van der Waals surface area contributed by atoms with Crippen molar-refractivity contribution in [3.05, 3.63) is 299 Å². The van der Waals surface area contributed by atoms with Crippen molar-refractivity contribution in [2.75, 3.05) is 47.2 Å². The molecule has 11 heterocycles. The molecule has 0 spiro atoms. The molecule has 0 bridgehead atoms. The van der Waals surface area contributed by atoms with Gasteiger partial charge >= 0.3 is 12.1 Å². The number of pyridine rings is 4. The standard InChI is InChI=1S/C23H18FN9.C20H18FN7O2.C17H15FN8.C14H12FN5.C9H6N4/c24-17-11-5-4-7-14(17)13-33-23-16(10-6-12-27-23)18(32-33)22-28-20(25)19(21(26)29-22)31-30-15-8-2-1-3-9-15;1-30-15(29)9-13-17(22)25-19(26-18(13)23)16-12-6-4-8-24-20(12)28(27-16)10-11-5-2-3-7-14(11)21;18-11-6-2-1-4-9(11)8-26-17-10(5-3-7-22-17)13(25-26)16-23-14(20)12(19)15(21)24-16;15-11-6-2-1-4-9(11)8-20-14-10(5-3-7-18-14)12(19-20)13(16)17;1-11-9(7-10)13-12-8-5-3-2-4-6-8/h1-12H,13H2,(H4,25,26,28,29);2-8H,9-10H2,1H3,(H4,22,23,25,26);1-7H,8,19H2,(H4,20,21,23,24);1-7H,8H2,(H3,16,17);2-6,9H. The van der Waals surface area contributed by atoms with Crippen LogP contribution in [0, 0.1) is 46.6 Å². The average molecular weight is 1640 g/mol. The topological polar surface area (TPSA) is 536 Å². The Bertz CT molecular complexity index is 6760. The number of nitrogens with two attached hydrogens (primary N) is 8. The van der Waals surface area contributed by atoms with Crippen molar-refractivity contribution in [1.29, 1.82) is 10.7 Å². The molecule has 0 fully saturated rings. The van der Waals surface area contributed by atoms with Crippen LogP contribution >= 0.6 is 0 Å². The summed E-state index contributed by atoms with van der Waals surface area (Å²) in [7, 11) is 1.27. The van der Waals surface area contributed by atoms with Crippen LogP contribution in [0.1, 0.15) is 33.5 Å². The molecule has 0 aliphatic heterocycles. The fraction of sp³-hybridized carbons (Fsp3) is 0.0843. The van der Waals surface area contributed by atoms with Crippen molar-refractivity contribution in [1.82, 2.24) is 89.0 Å². The summed E-state index contributed by atoms with van der Waals surface area (Å²) in [5.41, 5.74) is 54.9. The van der Waals surface area contributed by atoms with Crippen LogP contribution in [0.4, 0.5) is 75.2 Å². The predicted molar refractivity (Wildman–Crippen MR) is 450 cm³/mol. The summed E-state index contributed by atoms with van der Waals surface area (Å²) in [6.45, 7) is 7.39. The molecule has 17 aromatic rings. The SMILES string of the molecule is COC(=O)Cc1c(N)nc(-c2nn(Cc3ccccc3F)c3ncccc23)nc1N.N=C(N)c1nn(Cc2ccccc2F)c2ncccc12.Nc1nc(-c2nn(Cc3ccccc3F)c3ncccc23)nc(N)c1N.Nc1nc(-c2nn(Cc3ccccc3F)c3ncccc23)nc(N)c1N=Nc1ccccc1.[C-]#[N+]C(C#N)N=Nc1ccccc1. The number of fused-ring (bicyclic) bond motifs is 4. The Balaban J connectivity index is 0.000000135. The van der Waals surface area contributed by atoms with Crippen molar-refractivity contribution in [2.24, 2.45) is 26.2 Å². The van der Waals surface area contributed by atoms with Crippen LogP contribution < -0.4 is 45.9 Å². The minimum absolute atomic E-state index is 0.0589. The lowest BCUT2D eigenvalue weighted by atomic mass is 10.2. The number of esters is 1. The zero-order valence-electron chi connectivity index (χ0n) is 64.2. The van der Waals surface area contributed by atoms with E-state index in [1.165, 1.54) is 31.4 Å². The number of rotatable bonds is 18. The second-order valence-electron chi connectivity index (χ2n) is 26.0. The van der Waals surface area contributed by atoms with Crippen LogP contribution in [0.25, 0.3) is 83.5 Å². The van der Waals surface area contributed by atoms with Crippen LogP contribution in [-0.4, -0.2) is 114 Å². The Morgan fingerprint density at radius 3 is 1.13 bits per heavy atom. The molecule has 6 aromatic carbocycles.